The number of fused-ring (bicyclic) bond motifs is 2. The zero-order chi connectivity index (χ0) is 20.3. The van der Waals surface area contributed by atoms with Gasteiger partial charge in [-0.2, -0.15) is 0 Å². The summed E-state index contributed by atoms with van der Waals surface area (Å²) < 4.78 is 6.14. The number of hydrogen-bond donors (Lipinski definition) is 2. The van der Waals surface area contributed by atoms with Crippen molar-refractivity contribution < 1.29 is 4.74 Å². The molecule has 1 aromatic heterocycles. The van der Waals surface area contributed by atoms with Gasteiger partial charge in [-0.25, -0.2) is 0 Å². The third-order valence-electron chi connectivity index (χ3n) is 5.31. The first-order chi connectivity index (χ1) is 14.1. The lowest BCUT2D eigenvalue weighted by atomic mass is 9.90. The predicted octanol–water partition coefficient (Wildman–Crippen LogP) is 4.24. The summed E-state index contributed by atoms with van der Waals surface area (Å²) in [6.45, 7) is 5.03. The normalized spacial score (nSPS) is 18.0. The van der Waals surface area contributed by atoms with Crippen LogP contribution in [0.2, 0.25) is 0 Å². The van der Waals surface area contributed by atoms with Crippen molar-refractivity contribution in [3.05, 3.63) is 71.9 Å². The summed E-state index contributed by atoms with van der Waals surface area (Å²) >= 11 is 0. The molecule has 0 bridgehead atoms. The van der Waals surface area contributed by atoms with Crippen LogP contribution in [0.3, 0.4) is 0 Å². The van der Waals surface area contributed by atoms with Gasteiger partial charge in [-0.3, -0.25) is 9.98 Å². The van der Waals surface area contributed by atoms with Crippen molar-refractivity contribution in [3.8, 4) is 5.75 Å². The zero-order valence-electron chi connectivity index (χ0n) is 17.3. The van der Waals surface area contributed by atoms with E-state index in [1.807, 2.05) is 31.4 Å². The number of para-hydroxylation sites is 2. The maximum atomic E-state index is 6.14. The number of rotatable bonds is 4. The van der Waals surface area contributed by atoms with Crippen LogP contribution in [0, 0.1) is 0 Å². The van der Waals surface area contributed by atoms with Crippen molar-refractivity contribution in [1.29, 1.82) is 0 Å². The van der Waals surface area contributed by atoms with Crippen LogP contribution in [-0.2, 0) is 6.42 Å². The standard InChI is InChI=1S/C24H28N4O/c1-24(2)16-20(19-11-4-5-12-21(19)29-24)28-23(25-3)27-15-13-18-9-6-8-17-10-7-14-26-22(17)18/h4-12,14,20H,13,15-16H2,1-3H3,(H2,25,27,28). The molecule has 2 N–H and O–H groups in total. The van der Waals surface area contributed by atoms with Gasteiger partial charge in [0.15, 0.2) is 5.96 Å². The summed E-state index contributed by atoms with van der Waals surface area (Å²) in [6.07, 6.45) is 3.60. The van der Waals surface area contributed by atoms with Crippen molar-refractivity contribution in [2.75, 3.05) is 13.6 Å². The lowest BCUT2D eigenvalue weighted by Crippen LogP contribution is -2.45. The molecule has 1 atom stereocenters. The maximum absolute atomic E-state index is 6.14. The van der Waals surface area contributed by atoms with E-state index in [4.69, 9.17) is 4.74 Å². The first kappa shape index (κ1) is 19.2. The Kier molecular flexibility index (Phi) is 5.38. The first-order valence-electron chi connectivity index (χ1n) is 10.1. The fourth-order valence-corrected chi connectivity index (χ4v) is 3.98. The summed E-state index contributed by atoms with van der Waals surface area (Å²) in [5.41, 5.74) is 3.26. The third-order valence-corrected chi connectivity index (χ3v) is 5.31. The smallest absolute Gasteiger partial charge is 0.191 e. The second-order valence-corrected chi connectivity index (χ2v) is 8.04. The van der Waals surface area contributed by atoms with Crippen molar-refractivity contribution in [2.24, 2.45) is 4.99 Å². The number of aromatic nitrogens is 1. The molecule has 0 saturated heterocycles. The van der Waals surface area contributed by atoms with E-state index in [1.165, 1.54) is 16.5 Å². The zero-order valence-corrected chi connectivity index (χ0v) is 17.3. The quantitative estimate of drug-likeness (QED) is 0.518. The molecular weight excluding hydrogens is 360 g/mol. The van der Waals surface area contributed by atoms with Gasteiger partial charge in [0, 0.05) is 37.2 Å². The van der Waals surface area contributed by atoms with Gasteiger partial charge in [0.2, 0.25) is 0 Å². The molecule has 4 rings (SSSR count). The Morgan fingerprint density at radius 1 is 1.14 bits per heavy atom. The Morgan fingerprint density at radius 2 is 1.97 bits per heavy atom. The number of pyridine rings is 1. The highest BCUT2D eigenvalue weighted by molar-refractivity contribution is 5.82. The molecule has 150 valence electrons. The van der Waals surface area contributed by atoms with Crippen LogP contribution in [0.4, 0.5) is 0 Å². The van der Waals surface area contributed by atoms with Crippen LogP contribution < -0.4 is 15.4 Å². The summed E-state index contributed by atoms with van der Waals surface area (Å²) in [4.78, 5) is 8.98. The lowest BCUT2D eigenvalue weighted by Gasteiger charge is -2.38. The van der Waals surface area contributed by atoms with E-state index in [0.717, 1.165) is 36.6 Å². The second kappa shape index (κ2) is 8.11. The average Bonchev–Trinajstić information content (AvgIpc) is 2.72. The van der Waals surface area contributed by atoms with Crippen LogP contribution in [0.25, 0.3) is 10.9 Å². The summed E-state index contributed by atoms with van der Waals surface area (Å²) in [7, 11) is 1.81. The van der Waals surface area contributed by atoms with Crippen LogP contribution in [-0.4, -0.2) is 30.1 Å². The Labute approximate surface area is 172 Å². The molecule has 0 amide bonds. The fourth-order valence-electron chi connectivity index (χ4n) is 3.98. The van der Waals surface area contributed by atoms with Crippen molar-refractivity contribution in [1.82, 2.24) is 15.6 Å². The highest BCUT2D eigenvalue weighted by atomic mass is 16.5. The average molecular weight is 389 g/mol. The highest BCUT2D eigenvalue weighted by Gasteiger charge is 2.33. The van der Waals surface area contributed by atoms with E-state index in [0.29, 0.717) is 0 Å². The maximum Gasteiger partial charge on any atom is 0.191 e. The number of nitrogens with zero attached hydrogens (tertiary/aromatic N) is 2. The molecule has 0 fully saturated rings. The number of aliphatic imine (C=N–C) groups is 1. The van der Waals surface area contributed by atoms with E-state index in [-0.39, 0.29) is 11.6 Å². The molecule has 1 aliphatic heterocycles. The minimum atomic E-state index is -0.223. The molecule has 1 unspecified atom stereocenters. The van der Waals surface area contributed by atoms with Gasteiger partial charge in [0.1, 0.15) is 11.4 Å². The Balaban J connectivity index is 1.43. The summed E-state index contributed by atoms with van der Waals surface area (Å²) in [6, 6.07) is 18.8. The monoisotopic (exact) mass is 388 g/mol. The van der Waals surface area contributed by atoms with E-state index in [1.54, 1.807) is 0 Å². The molecule has 0 aliphatic carbocycles. The van der Waals surface area contributed by atoms with E-state index >= 15 is 0 Å². The molecule has 0 radical (unpaired) electrons. The molecule has 3 aromatic rings. The number of nitrogens with one attached hydrogen (secondary N) is 2. The summed E-state index contributed by atoms with van der Waals surface area (Å²) in [5, 5.41) is 8.22. The van der Waals surface area contributed by atoms with E-state index in [2.05, 4.69) is 70.9 Å². The Bertz CT molecular complexity index is 1020. The van der Waals surface area contributed by atoms with Gasteiger partial charge in [-0.1, -0.05) is 42.5 Å². The summed E-state index contributed by atoms with van der Waals surface area (Å²) in [5.74, 6) is 1.74. The van der Waals surface area contributed by atoms with Crippen LogP contribution >= 0.6 is 0 Å². The minimum Gasteiger partial charge on any atom is -0.487 e. The molecule has 5 nitrogen and oxygen atoms in total. The number of guanidine groups is 1. The van der Waals surface area contributed by atoms with Gasteiger partial charge in [-0.05, 0) is 38.0 Å². The third kappa shape index (κ3) is 4.34. The van der Waals surface area contributed by atoms with Crippen LogP contribution in [0.15, 0.2) is 65.8 Å². The number of ether oxygens (including phenoxy) is 1. The molecule has 1 aliphatic rings. The molecule has 29 heavy (non-hydrogen) atoms. The minimum absolute atomic E-state index is 0.153. The molecule has 2 heterocycles. The van der Waals surface area contributed by atoms with Crippen LogP contribution in [0.5, 0.6) is 5.75 Å². The Morgan fingerprint density at radius 3 is 2.83 bits per heavy atom. The van der Waals surface area contributed by atoms with Gasteiger partial charge in [0.25, 0.3) is 0 Å². The van der Waals surface area contributed by atoms with E-state index < -0.39 is 0 Å². The second-order valence-electron chi connectivity index (χ2n) is 8.04. The van der Waals surface area contributed by atoms with Crippen molar-refractivity contribution in [2.45, 2.75) is 38.3 Å². The topological polar surface area (TPSA) is 58.5 Å². The van der Waals surface area contributed by atoms with Crippen molar-refractivity contribution in [3.63, 3.8) is 0 Å². The molecule has 5 heteroatoms. The number of hydrogen-bond acceptors (Lipinski definition) is 3. The highest BCUT2D eigenvalue weighted by Crippen LogP contribution is 2.39. The number of benzene rings is 2. The first-order valence-corrected chi connectivity index (χ1v) is 10.1. The predicted molar refractivity (Wildman–Crippen MR) is 118 cm³/mol. The fraction of sp³-hybridized carbons (Fsp3) is 0.333. The lowest BCUT2D eigenvalue weighted by molar-refractivity contribution is 0.0694. The molecule has 0 spiro atoms. The van der Waals surface area contributed by atoms with Gasteiger partial charge in [-0.15, -0.1) is 0 Å². The Hall–Kier alpha value is -3.08. The largest absolute Gasteiger partial charge is 0.487 e. The van der Waals surface area contributed by atoms with Gasteiger partial charge < -0.3 is 15.4 Å². The molecule has 0 saturated carbocycles. The van der Waals surface area contributed by atoms with Crippen molar-refractivity contribution >= 4 is 16.9 Å². The van der Waals surface area contributed by atoms with Gasteiger partial charge >= 0.3 is 0 Å². The van der Waals surface area contributed by atoms with E-state index in [9.17, 15) is 0 Å². The van der Waals surface area contributed by atoms with Gasteiger partial charge in [0.05, 0.1) is 11.6 Å². The molecular formula is C24H28N4O. The molecule has 2 aromatic carbocycles. The van der Waals surface area contributed by atoms with Crippen LogP contribution in [0.1, 0.15) is 37.4 Å². The SMILES string of the molecule is CN=C(NCCc1cccc2cccnc12)NC1CC(C)(C)Oc2ccccc21.